The molecule has 0 aliphatic heterocycles. The number of allylic oxidation sites excluding steroid dienone is 1. The summed E-state index contributed by atoms with van der Waals surface area (Å²) in [5.41, 5.74) is 4.78. The molecule has 0 spiro atoms. The van der Waals surface area contributed by atoms with Gasteiger partial charge in [-0.1, -0.05) is 32.4 Å². The van der Waals surface area contributed by atoms with Crippen molar-refractivity contribution in [2.45, 2.75) is 58.9 Å². The van der Waals surface area contributed by atoms with Gasteiger partial charge in [-0.15, -0.1) is 0 Å². The van der Waals surface area contributed by atoms with Crippen LogP contribution in [-0.4, -0.2) is 6.04 Å². The first-order chi connectivity index (χ1) is 6.61. The van der Waals surface area contributed by atoms with Crippen LogP contribution in [0.25, 0.3) is 0 Å². The average Bonchev–Trinajstić information content (AvgIpc) is 2.20. The quantitative estimate of drug-likeness (QED) is 0.412. The fourth-order valence-corrected chi connectivity index (χ4v) is 2.16. The largest absolute Gasteiger partial charge is 0.271 e. The maximum absolute atomic E-state index is 5.67. The van der Waals surface area contributed by atoms with E-state index in [-0.39, 0.29) is 5.41 Å². The highest BCUT2D eigenvalue weighted by atomic mass is 15.2. The normalized spacial score (nSPS) is 20.4. The molecule has 0 fully saturated rings. The van der Waals surface area contributed by atoms with E-state index in [1.807, 2.05) is 0 Å². The second-order valence-electron chi connectivity index (χ2n) is 4.97. The van der Waals surface area contributed by atoms with Crippen molar-refractivity contribution in [2.24, 2.45) is 11.3 Å². The third-order valence-corrected chi connectivity index (χ3v) is 3.56. The first kappa shape index (κ1) is 11.7. The molecule has 1 unspecified atom stereocenters. The number of nitrogens with one attached hydrogen (secondary N) is 1. The summed E-state index contributed by atoms with van der Waals surface area (Å²) in [5, 5.41) is 0. The molecule has 3 N–H and O–H groups in total. The van der Waals surface area contributed by atoms with E-state index in [2.05, 4.69) is 32.3 Å². The Hall–Kier alpha value is -0.340. The van der Waals surface area contributed by atoms with Crippen LogP contribution in [0.4, 0.5) is 0 Å². The number of hydrogen-bond donors (Lipinski definition) is 2. The van der Waals surface area contributed by atoms with Crippen LogP contribution in [0.2, 0.25) is 0 Å². The van der Waals surface area contributed by atoms with Gasteiger partial charge in [-0.2, -0.15) is 0 Å². The fraction of sp³-hybridized carbons (Fsp3) is 0.833. The van der Waals surface area contributed by atoms with Gasteiger partial charge in [0.2, 0.25) is 0 Å². The van der Waals surface area contributed by atoms with Crippen molar-refractivity contribution in [3.63, 3.8) is 0 Å². The van der Waals surface area contributed by atoms with Gasteiger partial charge in [0.25, 0.3) is 0 Å². The molecular formula is C12H24N2. The van der Waals surface area contributed by atoms with Crippen LogP contribution < -0.4 is 11.3 Å². The zero-order valence-corrected chi connectivity index (χ0v) is 9.77. The molecule has 0 aromatic carbocycles. The Labute approximate surface area is 87.9 Å². The molecule has 0 aromatic heterocycles. The average molecular weight is 196 g/mol. The van der Waals surface area contributed by atoms with Gasteiger partial charge in [-0.3, -0.25) is 11.3 Å². The lowest BCUT2D eigenvalue weighted by Crippen LogP contribution is -2.47. The molecule has 0 aromatic rings. The van der Waals surface area contributed by atoms with E-state index in [0.717, 1.165) is 6.42 Å². The van der Waals surface area contributed by atoms with Crippen LogP contribution in [0.5, 0.6) is 0 Å². The molecule has 0 heterocycles. The van der Waals surface area contributed by atoms with Crippen LogP contribution in [0.1, 0.15) is 52.9 Å². The molecule has 0 saturated heterocycles. The molecule has 0 radical (unpaired) electrons. The van der Waals surface area contributed by atoms with E-state index < -0.39 is 0 Å². The highest BCUT2D eigenvalue weighted by molar-refractivity contribution is 5.16. The molecular weight excluding hydrogens is 172 g/mol. The van der Waals surface area contributed by atoms with Gasteiger partial charge in [0.15, 0.2) is 0 Å². The van der Waals surface area contributed by atoms with Crippen molar-refractivity contribution in [3.8, 4) is 0 Å². The van der Waals surface area contributed by atoms with Crippen molar-refractivity contribution in [2.75, 3.05) is 0 Å². The Balaban J connectivity index is 2.74. The van der Waals surface area contributed by atoms with Crippen molar-refractivity contribution in [1.29, 1.82) is 0 Å². The van der Waals surface area contributed by atoms with E-state index >= 15 is 0 Å². The van der Waals surface area contributed by atoms with Gasteiger partial charge < -0.3 is 0 Å². The van der Waals surface area contributed by atoms with Gasteiger partial charge in [0, 0.05) is 6.04 Å². The van der Waals surface area contributed by atoms with Crippen LogP contribution >= 0.6 is 0 Å². The lowest BCUT2D eigenvalue weighted by molar-refractivity contribution is 0.255. The molecule has 0 amide bonds. The SMILES string of the molecule is CCC(C)(C)C(NN)C1=CCCCC1. The summed E-state index contributed by atoms with van der Waals surface area (Å²) in [4.78, 5) is 0. The third kappa shape index (κ3) is 2.58. The first-order valence-corrected chi connectivity index (χ1v) is 5.77. The number of nitrogens with two attached hydrogens (primary N) is 1. The van der Waals surface area contributed by atoms with E-state index in [1.54, 1.807) is 0 Å². The summed E-state index contributed by atoms with van der Waals surface area (Å²) in [7, 11) is 0. The molecule has 82 valence electrons. The summed E-state index contributed by atoms with van der Waals surface area (Å²) in [5.74, 6) is 5.67. The van der Waals surface area contributed by atoms with Crippen molar-refractivity contribution >= 4 is 0 Å². The van der Waals surface area contributed by atoms with E-state index in [9.17, 15) is 0 Å². The molecule has 2 heteroatoms. The first-order valence-electron chi connectivity index (χ1n) is 5.77. The zero-order valence-electron chi connectivity index (χ0n) is 9.77. The number of hydrazine groups is 1. The van der Waals surface area contributed by atoms with Crippen LogP contribution in [-0.2, 0) is 0 Å². The molecule has 0 saturated carbocycles. The summed E-state index contributed by atoms with van der Waals surface area (Å²) in [6, 6.07) is 0.354. The molecule has 14 heavy (non-hydrogen) atoms. The van der Waals surface area contributed by atoms with Crippen LogP contribution in [0, 0.1) is 5.41 Å². The summed E-state index contributed by atoms with van der Waals surface area (Å²) >= 11 is 0. The fourth-order valence-electron chi connectivity index (χ4n) is 2.16. The molecule has 1 aliphatic rings. The number of hydrogen-bond acceptors (Lipinski definition) is 2. The highest BCUT2D eigenvalue weighted by Crippen LogP contribution is 2.33. The minimum atomic E-state index is 0.262. The molecule has 0 bridgehead atoms. The zero-order chi connectivity index (χ0) is 10.6. The van der Waals surface area contributed by atoms with Crippen LogP contribution in [0.15, 0.2) is 11.6 Å². The smallest absolute Gasteiger partial charge is 0.0470 e. The van der Waals surface area contributed by atoms with Gasteiger partial charge in [-0.05, 0) is 37.5 Å². The predicted molar refractivity (Wildman–Crippen MR) is 61.7 cm³/mol. The lowest BCUT2D eigenvalue weighted by Gasteiger charge is -2.36. The van der Waals surface area contributed by atoms with Crippen molar-refractivity contribution < 1.29 is 0 Å². The van der Waals surface area contributed by atoms with Crippen molar-refractivity contribution in [3.05, 3.63) is 11.6 Å². The van der Waals surface area contributed by atoms with Crippen LogP contribution in [0.3, 0.4) is 0 Å². The molecule has 1 aliphatic carbocycles. The Morgan fingerprint density at radius 1 is 1.50 bits per heavy atom. The van der Waals surface area contributed by atoms with E-state index in [1.165, 1.54) is 31.3 Å². The highest BCUT2D eigenvalue weighted by Gasteiger charge is 2.29. The van der Waals surface area contributed by atoms with Gasteiger partial charge in [0.05, 0.1) is 0 Å². The Kier molecular flexibility index (Phi) is 4.14. The molecule has 2 nitrogen and oxygen atoms in total. The Morgan fingerprint density at radius 3 is 2.64 bits per heavy atom. The van der Waals surface area contributed by atoms with Gasteiger partial charge in [0.1, 0.15) is 0 Å². The Morgan fingerprint density at radius 2 is 2.21 bits per heavy atom. The number of rotatable bonds is 4. The summed E-state index contributed by atoms with van der Waals surface area (Å²) in [6.07, 6.45) is 8.65. The lowest BCUT2D eigenvalue weighted by atomic mass is 9.76. The summed E-state index contributed by atoms with van der Waals surface area (Å²) < 4.78 is 0. The standard InChI is InChI=1S/C12H24N2/c1-4-12(2,3)11(14-13)10-8-6-5-7-9-10/h8,11,14H,4-7,9,13H2,1-3H3. The third-order valence-electron chi connectivity index (χ3n) is 3.56. The topological polar surface area (TPSA) is 38.0 Å². The van der Waals surface area contributed by atoms with Gasteiger partial charge >= 0.3 is 0 Å². The van der Waals surface area contributed by atoms with E-state index in [0.29, 0.717) is 6.04 Å². The maximum Gasteiger partial charge on any atom is 0.0470 e. The van der Waals surface area contributed by atoms with Crippen molar-refractivity contribution in [1.82, 2.24) is 5.43 Å². The maximum atomic E-state index is 5.67. The minimum absolute atomic E-state index is 0.262. The Bertz CT molecular complexity index is 206. The second-order valence-corrected chi connectivity index (χ2v) is 4.97. The molecule has 1 atom stereocenters. The summed E-state index contributed by atoms with van der Waals surface area (Å²) in [6.45, 7) is 6.80. The monoisotopic (exact) mass is 196 g/mol. The predicted octanol–water partition coefficient (Wildman–Crippen LogP) is 2.75. The second kappa shape index (κ2) is 4.94. The molecule has 1 rings (SSSR count). The van der Waals surface area contributed by atoms with E-state index in [4.69, 9.17) is 5.84 Å². The minimum Gasteiger partial charge on any atom is -0.271 e. The van der Waals surface area contributed by atoms with Gasteiger partial charge in [-0.25, -0.2) is 0 Å².